The van der Waals surface area contributed by atoms with Crippen LogP contribution in [0.1, 0.15) is 23.1 Å². The highest BCUT2D eigenvalue weighted by Gasteiger charge is 2.36. The topological polar surface area (TPSA) is 82.6 Å². The van der Waals surface area contributed by atoms with Gasteiger partial charge in [-0.15, -0.1) is 0 Å². The SMILES string of the molecule is COCC1CC(N(C)C2=NC(=O)C(=C(Cc3ccc(Cl)cc3C(F)(F)F)c3ccc4[nH]ncc4c3)S2)CN1. The molecular weight excluding hydrogens is 539 g/mol. The molecule has 200 valence electrons. The normalized spacial score (nSPS) is 21.3. The van der Waals surface area contributed by atoms with Crippen LogP contribution >= 0.6 is 23.4 Å². The Morgan fingerprint density at radius 1 is 1.26 bits per heavy atom. The zero-order valence-corrected chi connectivity index (χ0v) is 22.2. The van der Waals surface area contributed by atoms with Gasteiger partial charge in [0, 0.05) is 43.2 Å². The number of aliphatic imine (C=N–C) groups is 1. The lowest BCUT2D eigenvalue weighted by molar-refractivity contribution is -0.138. The number of benzene rings is 2. The second kappa shape index (κ2) is 10.7. The van der Waals surface area contributed by atoms with Gasteiger partial charge in [0.15, 0.2) is 5.17 Å². The fourth-order valence-corrected chi connectivity index (χ4v) is 6.04. The molecule has 1 amide bonds. The summed E-state index contributed by atoms with van der Waals surface area (Å²) in [7, 11) is 3.53. The van der Waals surface area contributed by atoms with Crippen LogP contribution in [0.25, 0.3) is 16.5 Å². The van der Waals surface area contributed by atoms with Crippen molar-refractivity contribution in [3.05, 3.63) is 69.2 Å². The number of methoxy groups -OCH3 is 1. The number of halogens is 4. The Bertz CT molecular complexity index is 1440. The largest absolute Gasteiger partial charge is 0.416 e. The second-order valence-corrected chi connectivity index (χ2v) is 10.7. The van der Waals surface area contributed by atoms with Gasteiger partial charge in [0.2, 0.25) is 0 Å². The maximum atomic E-state index is 13.9. The van der Waals surface area contributed by atoms with Crippen molar-refractivity contribution in [1.82, 2.24) is 20.4 Å². The molecule has 1 saturated heterocycles. The highest BCUT2D eigenvalue weighted by molar-refractivity contribution is 8.18. The van der Waals surface area contributed by atoms with Crippen molar-refractivity contribution in [2.75, 3.05) is 27.3 Å². The van der Waals surface area contributed by atoms with E-state index in [-0.39, 0.29) is 29.1 Å². The van der Waals surface area contributed by atoms with E-state index in [1.807, 2.05) is 18.0 Å². The average molecular weight is 564 g/mol. The zero-order valence-electron chi connectivity index (χ0n) is 20.6. The van der Waals surface area contributed by atoms with Gasteiger partial charge in [-0.3, -0.25) is 9.89 Å². The number of ether oxygens (including phenoxy) is 1. The summed E-state index contributed by atoms with van der Waals surface area (Å²) in [6, 6.07) is 9.40. The first-order chi connectivity index (χ1) is 18.1. The van der Waals surface area contributed by atoms with Crippen molar-refractivity contribution in [3.8, 4) is 0 Å². The van der Waals surface area contributed by atoms with Crippen molar-refractivity contribution >= 4 is 50.9 Å². The molecule has 0 spiro atoms. The van der Waals surface area contributed by atoms with Crippen molar-refractivity contribution in [1.29, 1.82) is 0 Å². The van der Waals surface area contributed by atoms with Gasteiger partial charge in [0.05, 0.1) is 28.8 Å². The summed E-state index contributed by atoms with van der Waals surface area (Å²) in [5.41, 5.74) is 1.06. The van der Waals surface area contributed by atoms with Crippen LogP contribution in [0.5, 0.6) is 0 Å². The number of fused-ring (bicyclic) bond motifs is 1. The number of H-pyrrole nitrogens is 1. The predicted octanol–water partition coefficient (Wildman–Crippen LogP) is 5.13. The van der Waals surface area contributed by atoms with Crippen LogP contribution in [0.4, 0.5) is 13.2 Å². The lowest BCUT2D eigenvalue weighted by Gasteiger charge is -2.25. The summed E-state index contributed by atoms with van der Waals surface area (Å²) in [4.78, 5) is 19.8. The Morgan fingerprint density at radius 3 is 2.84 bits per heavy atom. The number of hydrogen-bond donors (Lipinski definition) is 2. The number of amides is 1. The summed E-state index contributed by atoms with van der Waals surface area (Å²) >= 11 is 7.10. The van der Waals surface area contributed by atoms with E-state index < -0.39 is 17.6 Å². The fraction of sp³-hybridized carbons (Fsp3) is 0.346. The number of thioether (sulfide) groups is 1. The maximum Gasteiger partial charge on any atom is 0.416 e. The third-order valence-corrected chi connectivity index (χ3v) is 8.23. The molecule has 38 heavy (non-hydrogen) atoms. The first-order valence-electron chi connectivity index (χ1n) is 11.9. The molecule has 1 aromatic heterocycles. The molecule has 3 heterocycles. The minimum atomic E-state index is -4.60. The maximum absolute atomic E-state index is 13.9. The summed E-state index contributed by atoms with van der Waals surface area (Å²) < 4.78 is 47.0. The molecule has 2 atom stereocenters. The fourth-order valence-electron chi connectivity index (χ4n) is 4.82. The zero-order chi connectivity index (χ0) is 27.0. The number of amidine groups is 1. The number of hydrogen-bond acceptors (Lipinski definition) is 6. The molecule has 3 aromatic rings. The summed E-state index contributed by atoms with van der Waals surface area (Å²) in [6.07, 6.45) is -2.28. The van der Waals surface area contributed by atoms with Crippen LogP contribution in [-0.4, -0.2) is 65.6 Å². The van der Waals surface area contributed by atoms with Gasteiger partial charge in [-0.1, -0.05) is 23.7 Å². The monoisotopic (exact) mass is 563 g/mol. The molecular formula is C26H25ClF3N5O2S. The van der Waals surface area contributed by atoms with E-state index in [2.05, 4.69) is 20.5 Å². The van der Waals surface area contributed by atoms with Gasteiger partial charge in [-0.25, -0.2) is 0 Å². The molecule has 0 radical (unpaired) electrons. The molecule has 12 heteroatoms. The van der Waals surface area contributed by atoms with Crippen molar-refractivity contribution in [2.24, 2.45) is 4.99 Å². The number of alkyl halides is 3. The molecule has 0 saturated carbocycles. The van der Waals surface area contributed by atoms with Crippen LogP contribution in [0, 0.1) is 0 Å². The van der Waals surface area contributed by atoms with Crippen LogP contribution < -0.4 is 5.32 Å². The third kappa shape index (κ3) is 5.47. The van der Waals surface area contributed by atoms with Crippen LogP contribution in [0.3, 0.4) is 0 Å². The number of aromatic amines is 1. The van der Waals surface area contributed by atoms with E-state index in [0.29, 0.717) is 34.4 Å². The number of nitrogens with zero attached hydrogens (tertiary/aromatic N) is 3. The predicted molar refractivity (Wildman–Crippen MR) is 143 cm³/mol. The number of rotatable bonds is 6. The number of carbonyl (C=O) groups excluding carboxylic acids is 1. The highest BCUT2D eigenvalue weighted by atomic mass is 35.5. The van der Waals surface area contributed by atoms with Crippen LogP contribution in [0.15, 0.2) is 52.5 Å². The number of allylic oxidation sites excluding steroid dienone is 1. The van der Waals surface area contributed by atoms with Gasteiger partial charge in [0.1, 0.15) is 0 Å². The highest BCUT2D eigenvalue weighted by Crippen LogP contribution is 2.41. The summed E-state index contributed by atoms with van der Waals surface area (Å²) in [6.45, 7) is 1.29. The minimum Gasteiger partial charge on any atom is -0.383 e. The van der Waals surface area contributed by atoms with Gasteiger partial charge < -0.3 is 15.0 Å². The minimum absolute atomic E-state index is 0.00870. The Balaban J connectivity index is 1.52. The van der Waals surface area contributed by atoms with Crippen LogP contribution in [-0.2, 0) is 22.1 Å². The average Bonchev–Trinajstić information content (AvgIpc) is 3.62. The quantitative estimate of drug-likeness (QED) is 0.405. The Kier molecular flexibility index (Phi) is 7.54. The smallest absolute Gasteiger partial charge is 0.383 e. The lowest BCUT2D eigenvalue weighted by atomic mass is 9.93. The van der Waals surface area contributed by atoms with Gasteiger partial charge >= 0.3 is 6.18 Å². The molecule has 7 nitrogen and oxygen atoms in total. The number of carbonyl (C=O) groups is 1. The molecule has 0 aliphatic carbocycles. The molecule has 2 aromatic carbocycles. The number of aromatic nitrogens is 2. The van der Waals surface area contributed by atoms with E-state index in [0.717, 1.165) is 23.4 Å². The van der Waals surface area contributed by atoms with E-state index in [1.54, 1.807) is 25.4 Å². The third-order valence-electron chi connectivity index (χ3n) is 6.81. The van der Waals surface area contributed by atoms with Crippen molar-refractivity contribution in [3.63, 3.8) is 0 Å². The molecule has 2 N–H and O–H groups in total. The number of likely N-dealkylation sites (N-methyl/N-ethyl adjacent to an activating group) is 1. The number of nitrogens with one attached hydrogen (secondary N) is 2. The van der Waals surface area contributed by atoms with E-state index in [4.69, 9.17) is 16.3 Å². The van der Waals surface area contributed by atoms with Crippen molar-refractivity contribution in [2.45, 2.75) is 31.1 Å². The van der Waals surface area contributed by atoms with Crippen LogP contribution in [0.2, 0.25) is 5.02 Å². The van der Waals surface area contributed by atoms with Gasteiger partial charge in [-0.2, -0.15) is 23.3 Å². The molecule has 1 fully saturated rings. The van der Waals surface area contributed by atoms with E-state index in [1.165, 1.54) is 23.9 Å². The van der Waals surface area contributed by atoms with Gasteiger partial charge in [0.25, 0.3) is 5.91 Å². The Morgan fingerprint density at radius 2 is 2.08 bits per heavy atom. The molecule has 5 rings (SSSR count). The molecule has 2 unspecified atom stereocenters. The van der Waals surface area contributed by atoms with E-state index >= 15 is 0 Å². The van der Waals surface area contributed by atoms with Crippen molar-refractivity contribution < 1.29 is 22.7 Å². The molecule has 2 aliphatic heterocycles. The summed E-state index contributed by atoms with van der Waals surface area (Å²) in [5, 5.41) is 11.6. The Labute approximate surface area is 226 Å². The Hall–Kier alpha value is -2.86. The van der Waals surface area contributed by atoms with E-state index in [9.17, 15) is 18.0 Å². The first kappa shape index (κ1) is 26.7. The second-order valence-electron chi connectivity index (χ2n) is 9.32. The first-order valence-corrected chi connectivity index (χ1v) is 13.1. The molecule has 2 aliphatic rings. The lowest BCUT2D eigenvalue weighted by Crippen LogP contribution is -2.36. The standard InChI is InChI=1S/C26H25ClF3N5O2S/c1-35(19-10-18(13-37-2)31-12-19)25-33-24(36)23(38-25)20(14-4-6-22-16(7-14)11-32-34-22)8-15-3-5-17(27)9-21(15)26(28,29)30/h3-7,9,11,18-19,31H,8,10,12-13H2,1-2H3,(H,32,34). The summed E-state index contributed by atoms with van der Waals surface area (Å²) in [5.74, 6) is -0.471. The molecule has 0 bridgehead atoms. The van der Waals surface area contributed by atoms with Gasteiger partial charge in [-0.05, 0) is 65.6 Å².